The average Bonchev–Trinajstić information content (AvgIpc) is 3.30. The maximum absolute atomic E-state index is 12.2. The summed E-state index contributed by atoms with van der Waals surface area (Å²) >= 11 is 0. The highest BCUT2D eigenvalue weighted by Crippen LogP contribution is 2.31. The minimum absolute atomic E-state index is 0.0541. The standard InChI is InChI=1S/C14H23N3O5.C13H21N3O9S/c1-14(2,3)22-11(18)8-21-15-12(19)10-6-5-9-7-17(10)13(20)16(9)4;1-13(2,3)24-10(17)7-23-14-11(18)9-5-4-8-6-15(9)12(19)16(8)25-26(20,21)22/h9-10H,5-8H2,1-4H3,(H,15,19);8-9H,4-7H2,1-3H3,(H,14,18)(H,20,21,22)/t9-,10+;8-,9+/m11/s1. The molecule has 0 aromatic heterocycles. The summed E-state index contributed by atoms with van der Waals surface area (Å²) in [6.07, 6.45) is 1.87. The van der Waals surface area contributed by atoms with Crippen molar-refractivity contribution in [3.05, 3.63) is 0 Å². The number of carbonyl (C=O) groups excluding carboxylic acids is 6. The predicted octanol–water partition coefficient (Wildman–Crippen LogP) is -0.347. The molecule has 4 aliphatic rings. The van der Waals surface area contributed by atoms with Gasteiger partial charge in [-0.15, -0.1) is 4.28 Å². The maximum atomic E-state index is 12.2. The third-order valence-corrected chi connectivity index (χ3v) is 7.67. The van der Waals surface area contributed by atoms with Crippen LogP contribution in [0.15, 0.2) is 0 Å². The minimum Gasteiger partial charge on any atom is -0.458 e. The Bertz CT molecular complexity index is 1360. The summed E-state index contributed by atoms with van der Waals surface area (Å²) in [6, 6.07) is -2.90. The summed E-state index contributed by atoms with van der Waals surface area (Å²) in [5.41, 5.74) is 3.02. The molecule has 6 amide bonds. The number of nitrogens with zero attached hydrogens (tertiary/aromatic N) is 4. The van der Waals surface area contributed by atoms with Crippen molar-refractivity contribution in [1.29, 1.82) is 0 Å². The zero-order chi connectivity index (χ0) is 36.2. The van der Waals surface area contributed by atoms with E-state index in [1.807, 2.05) is 0 Å². The summed E-state index contributed by atoms with van der Waals surface area (Å²) < 4.78 is 44.7. The summed E-state index contributed by atoms with van der Waals surface area (Å²) in [4.78, 5) is 85.4. The lowest BCUT2D eigenvalue weighted by molar-refractivity contribution is -0.166. The molecule has 0 aliphatic carbocycles. The molecule has 4 bridgehead atoms. The van der Waals surface area contributed by atoms with Gasteiger partial charge in [-0.05, 0) is 67.2 Å². The molecular weight excluding hydrogens is 664 g/mol. The predicted molar refractivity (Wildman–Crippen MR) is 160 cm³/mol. The van der Waals surface area contributed by atoms with E-state index in [0.29, 0.717) is 18.0 Å². The van der Waals surface area contributed by atoms with E-state index in [-0.39, 0.29) is 38.1 Å². The van der Waals surface area contributed by atoms with Gasteiger partial charge in [0.1, 0.15) is 23.3 Å². The maximum Gasteiger partial charge on any atom is 0.418 e. The first-order valence-electron chi connectivity index (χ1n) is 15.1. The number of amides is 6. The van der Waals surface area contributed by atoms with Gasteiger partial charge in [-0.1, -0.05) is 0 Å². The van der Waals surface area contributed by atoms with Gasteiger partial charge in [-0.3, -0.25) is 23.8 Å². The number of hydrogen-bond donors (Lipinski definition) is 3. The monoisotopic (exact) mass is 708 g/mol. The van der Waals surface area contributed by atoms with Gasteiger partial charge in [-0.25, -0.2) is 30.1 Å². The SMILES string of the molecule is CC(C)(C)OC(=O)CONC(=O)[C@@H]1CC[C@@H]2CN1C(=O)N2OS(=O)(=O)O.CN1C(=O)N2C[C@H]1CC[C@H]2C(=O)NOCC(=O)OC(C)(C)C. The first-order valence-corrected chi connectivity index (χ1v) is 16.5. The van der Waals surface area contributed by atoms with Crippen LogP contribution in [0.1, 0.15) is 67.2 Å². The van der Waals surface area contributed by atoms with Crippen LogP contribution in [-0.2, 0) is 53.0 Å². The molecule has 4 rings (SSSR count). The smallest absolute Gasteiger partial charge is 0.418 e. The van der Waals surface area contributed by atoms with Crippen molar-refractivity contribution in [1.82, 2.24) is 30.7 Å². The van der Waals surface area contributed by atoms with Crippen LogP contribution in [0, 0.1) is 0 Å². The van der Waals surface area contributed by atoms with E-state index in [1.54, 1.807) is 58.4 Å². The van der Waals surface area contributed by atoms with Crippen LogP contribution in [0.3, 0.4) is 0 Å². The number of hydroxylamine groups is 4. The van der Waals surface area contributed by atoms with Crippen molar-refractivity contribution in [3.63, 3.8) is 0 Å². The molecule has 4 saturated heterocycles. The number of likely N-dealkylation sites (N-methyl/N-ethyl adjacent to an activating group) is 1. The highest BCUT2D eigenvalue weighted by Gasteiger charge is 2.49. The van der Waals surface area contributed by atoms with Crippen molar-refractivity contribution in [2.75, 3.05) is 33.4 Å². The van der Waals surface area contributed by atoms with Gasteiger partial charge < -0.3 is 24.2 Å². The van der Waals surface area contributed by atoms with Gasteiger partial charge in [0.15, 0.2) is 13.2 Å². The fourth-order valence-electron chi connectivity index (χ4n) is 5.42. The van der Waals surface area contributed by atoms with Crippen molar-refractivity contribution in [2.45, 2.75) is 103 Å². The molecule has 4 fully saturated rings. The Kier molecular flexibility index (Phi) is 12.2. The summed E-state index contributed by atoms with van der Waals surface area (Å²) in [6.45, 7) is 10.0. The van der Waals surface area contributed by atoms with Crippen molar-refractivity contribution < 1.29 is 65.2 Å². The van der Waals surface area contributed by atoms with Crippen LogP contribution in [0.5, 0.6) is 0 Å². The van der Waals surface area contributed by atoms with Crippen molar-refractivity contribution in [3.8, 4) is 0 Å². The number of hydrogen-bond acceptors (Lipinski definition) is 13. The molecular formula is C27H44N6O14S. The zero-order valence-corrected chi connectivity index (χ0v) is 28.7. The Balaban J connectivity index is 0.000000264. The fraction of sp³-hybridized carbons (Fsp3) is 0.778. The summed E-state index contributed by atoms with van der Waals surface area (Å²) in [7, 11) is -3.11. The van der Waals surface area contributed by atoms with Crippen LogP contribution in [0.25, 0.3) is 0 Å². The van der Waals surface area contributed by atoms with E-state index in [9.17, 15) is 37.2 Å². The van der Waals surface area contributed by atoms with Gasteiger partial charge in [0.25, 0.3) is 11.8 Å². The van der Waals surface area contributed by atoms with E-state index in [0.717, 1.165) is 11.3 Å². The van der Waals surface area contributed by atoms with Crippen molar-refractivity contribution >= 4 is 46.2 Å². The molecule has 4 heterocycles. The second-order valence-electron chi connectivity index (χ2n) is 13.5. The molecule has 21 heteroatoms. The molecule has 0 aromatic rings. The normalized spacial score (nSPS) is 23.8. The molecule has 48 heavy (non-hydrogen) atoms. The van der Waals surface area contributed by atoms with Gasteiger partial charge >= 0.3 is 34.4 Å². The fourth-order valence-corrected chi connectivity index (χ4v) is 5.81. The number of esters is 2. The topological polar surface area (TPSA) is 240 Å². The van der Waals surface area contributed by atoms with Crippen LogP contribution in [-0.4, -0.2) is 137 Å². The first-order chi connectivity index (χ1) is 22.1. The second-order valence-corrected chi connectivity index (χ2v) is 14.5. The minimum atomic E-state index is -4.85. The highest BCUT2D eigenvalue weighted by molar-refractivity contribution is 7.80. The Hall–Kier alpha value is -3.79. The molecule has 0 aromatic carbocycles. The Labute approximate surface area is 278 Å². The molecule has 20 nitrogen and oxygen atoms in total. The lowest BCUT2D eigenvalue weighted by Crippen LogP contribution is -2.50. The Morgan fingerprint density at radius 1 is 0.750 bits per heavy atom. The van der Waals surface area contributed by atoms with Crippen LogP contribution < -0.4 is 11.0 Å². The molecule has 3 N–H and O–H groups in total. The molecule has 0 radical (unpaired) electrons. The Morgan fingerprint density at radius 3 is 1.60 bits per heavy atom. The number of piperidine rings is 2. The van der Waals surface area contributed by atoms with E-state index in [2.05, 4.69) is 15.2 Å². The quantitative estimate of drug-likeness (QED) is 0.149. The first kappa shape index (κ1) is 38.7. The van der Waals surface area contributed by atoms with Gasteiger partial charge in [-0.2, -0.15) is 13.5 Å². The van der Waals surface area contributed by atoms with Gasteiger partial charge in [0.05, 0.1) is 12.1 Å². The third-order valence-electron chi connectivity index (χ3n) is 7.32. The third kappa shape index (κ3) is 10.9. The molecule has 0 saturated carbocycles. The van der Waals surface area contributed by atoms with Crippen LogP contribution in [0.4, 0.5) is 9.59 Å². The number of urea groups is 2. The van der Waals surface area contributed by atoms with E-state index in [1.165, 1.54) is 0 Å². The molecule has 4 aliphatic heterocycles. The average molecular weight is 709 g/mol. The van der Waals surface area contributed by atoms with E-state index in [4.69, 9.17) is 23.7 Å². The number of nitrogens with one attached hydrogen (secondary N) is 2. The van der Waals surface area contributed by atoms with Crippen molar-refractivity contribution in [2.24, 2.45) is 0 Å². The summed E-state index contributed by atoms with van der Waals surface area (Å²) in [5.74, 6) is -2.32. The number of ether oxygens (including phenoxy) is 2. The summed E-state index contributed by atoms with van der Waals surface area (Å²) in [5, 5.41) is 0.532. The van der Waals surface area contributed by atoms with Gasteiger partial charge in [0, 0.05) is 20.1 Å². The Morgan fingerprint density at radius 2 is 1.17 bits per heavy atom. The highest BCUT2D eigenvalue weighted by atomic mass is 32.3. The van der Waals surface area contributed by atoms with Crippen LogP contribution >= 0.6 is 0 Å². The van der Waals surface area contributed by atoms with E-state index >= 15 is 0 Å². The molecule has 4 atom stereocenters. The van der Waals surface area contributed by atoms with Crippen LogP contribution in [0.2, 0.25) is 0 Å². The number of rotatable bonds is 10. The second kappa shape index (κ2) is 15.2. The van der Waals surface area contributed by atoms with E-state index < -0.39 is 76.1 Å². The molecule has 272 valence electrons. The molecule has 0 spiro atoms. The number of fused-ring (bicyclic) bond motifs is 4. The number of carbonyl (C=O) groups is 6. The lowest BCUT2D eigenvalue weighted by Gasteiger charge is -2.29. The van der Waals surface area contributed by atoms with Gasteiger partial charge in [0.2, 0.25) is 0 Å². The lowest BCUT2D eigenvalue weighted by atomic mass is 10.0. The molecule has 0 unspecified atom stereocenters. The zero-order valence-electron chi connectivity index (χ0n) is 27.9. The largest absolute Gasteiger partial charge is 0.458 e.